The summed E-state index contributed by atoms with van der Waals surface area (Å²) in [6, 6.07) is 0. The second-order valence-electron chi connectivity index (χ2n) is 3.41. The van der Waals surface area contributed by atoms with Crippen molar-refractivity contribution in [2.24, 2.45) is 0 Å². The molecule has 0 aromatic heterocycles. The molecule has 0 aliphatic carbocycles. The van der Waals surface area contributed by atoms with E-state index in [0.717, 1.165) is 6.08 Å². The first-order chi connectivity index (χ1) is 8.36. The summed E-state index contributed by atoms with van der Waals surface area (Å²) in [5.41, 5.74) is 0.332. The van der Waals surface area contributed by atoms with Crippen LogP contribution in [0.4, 0.5) is 0 Å². The minimum Gasteiger partial charge on any atom is -1.00 e. The van der Waals surface area contributed by atoms with Crippen LogP contribution in [0.1, 0.15) is 22.2 Å². The van der Waals surface area contributed by atoms with E-state index in [1.165, 1.54) is 13.8 Å². The van der Waals surface area contributed by atoms with Crippen LogP contribution in [0.15, 0.2) is 11.8 Å². The molecule has 7 nitrogen and oxygen atoms in total. The van der Waals surface area contributed by atoms with Gasteiger partial charge in [-0.2, -0.15) is 0 Å². The van der Waals surface area contributed by atoms with Crippen LogP contribution in [0.2, 0.25) is 0 Å². The zero-order valence-electron chi connectivity index (χ0n) is 12.6. The summed E-state index contributed by atoms with van der Waals surface area (Å²) in [6.07, 6.45) is 0.0690. The number of allylic oxidation sites excluding steroid dienone is 1. The Hall–Kier alpha value is -1.05. The van der Waals surface area contributed by atoms with Crippen LogP contribution in [0.3, 0.4) is 0 Å². The Morgan fingerprint density at radius 3 is 2.47 bits per heavy atom. The van der Waals surface area contributed by atoms with E-state index < -0.39 is 24.0 Å². The molecule has 0 spiro atoms. The largest absolute Gasteiger partial charge is 1.00 e. The van der Waals surface area contributed by atoms with E-state index in [1.54, 1.807) is 6.92 Å². The number of aliphatic carboxylic acids is 1. The van der Waals surface area contributed by atoms with Gasteiger partial charge in [-0.3, -0.25) is 4.79 Å². The van der Waals surface area contributed by atoms with Crippen LogP contribution in [0, 0.1) is 0 Å². The molecule has 0 saturated heterocycles. The van der Waals surface area contributed by atoms with Gasteiger partial charge in [0.25, 0.3) is 0 Å². The summed E-state index contributed by atoms with van der Waals surface area (Å²) in [7, 11) is 0. The average Bonchev–Trinajstić information content (AvgIpc) is 2.26. The fraction of sp³-hybridized carbons (Fsp3) is 0.545. The van der Waals surface area contributed by atoms with Crippen molar-refractivity contribution in [3.8, 4) is 0 Å². The monoisotopic (exact) mass is 283 g/mol. The van der Waals surface area contributed by atoms with Crippen LogP contribution >= 0.6 is 0 Å². The van der Waals surface area contributed by atoms with Gasteiger partial charge in [-0.25, -0.2) is 9.59 Å². The van der Waals surface area contributed by atoms with Crippen LogP contribution in [-0.2, 0) is 23.9 Å². The maximum Gasteiger partial charge on any atom is 1.00 e. The molecule has 1 unspecified atom stereocenters. The molecule has 0 aliphatic heterocycles. The SMILES string of the molecule is CCOC(=O)C(C)OC(=O)/C=C(\C)NCC(=O)O.[H-].[Na+]. The van der Waals surface area contributed by atoms with E-state index in [0.29, 0.717) is 5.70 Å². The normalized spacial score (nSPS) is 11.8. The second kappa shape index (κ2) is 10.8. The first-order valence-corrected chi connectivity index (χ1v) is 5.38. The van der Waals surface area contributed by atoms with Gasteiger partial charge in [0.2, 0.25) is 0 Å². The van der Waals surface area contributed by atoms with Gasteiger partial charge in [0.1, 0.15) is 6.54 Å². The smallest absolute Gasteiger partial charge is 1.00 e. The molecule has 8 heteroatoms. The number of rotatable bonds is 7. The summed E-state index contributed by atoms with van der Waals surface area (Å²) in [5.74, 6) is -2.42. The Labute approximate surface area is 135 Å². The van der Waals surface area contributed by atoms with Crippen LogP contribution in [-0.4, -0.2) is 42.3 Å². The third kappa shape index (κ3) is 10.5. The van der Waals surface area contributed by atoms with Crippen molar-refractivity contribution in [3.05, 3.63) is 11.8 Å². The zero-order chi connectivity index (χ0) is 14.1. The summed E-state index contributed by atoms with van der Waals surface area (Å²) in [5, 5.41) is 10.9. The topological polar surface area (TPSA) is 102 Å². The maximum atomic E-state index is 11.3. The van der Waals surface area contributed by atoms with Crippen molar-refractivity contribution < 1.29 is 59.9 Å². The predicted molar refractivity (Wildman–Crippen MR) is 62.7 cm³/mol. The molecule has 1 atom stereocenters. The minimum atomic E-state index is -1.05. The van der Waals surface area contributed by atoms with Crippen molar-refractivity contribution in [3.63, 3.8) is 0 Å². The standard InChI is InChI=1S/C11H17NO6.Na.H/c1-4-17-11(16)8(3)18-10(15)5-7(2)12-6-9(13)14;;/h5,8,12H,4,6H2,1-3H3,(H,13,14);;/q;+1;-1/b7-5+;;. The molecule has 0 heterocycles. The van der Waals surface area contributed by atoms with Crippen molar-refractivity contribution >= 4 is 17.9 Å². The van der Waals surface area contributed by atoms with Gasteiger partial charge in [0.05, 0.1) is 6.61 Å². The van der Waals surface area contributed by atoms with E-state index >= 15 is 0 Å². The fourth-order valence-electron chi connectivity index (χ4n) is 0.959. The number of ether oxygens (including phenoxy) is 2. The number of carbonyl (C=O) groups excluding carboxylic acids is 2. The van der Waals surface area contributed by atoms with Gasteiger partial charge in [-0.05, 0) is 20.8 Å². The summed E-state index contributed by atoms with van der Waals surface area (Å²) in [4.78, 5) is 32.8. The molecular formula is C11H18NNaO6. The molecule has 0 saturated carbocycles. The third-order valence-corrected chi connectivity index (χ3v) is 1.76. The molecule has 0 fully saturated rings. The minimum absolute atomic E-state index is 0. The Balaban J connectivity index is -0.00000144. The molecule has 19 heavy (non-hydrogen) atoms. The number of carbonyl (C=O) groups is 3. The Morgan fingerprint density at radius 1 is 1.42 bits per heavy atom. The van der Waals surface area contributed by atoms with Gasteiger partial charge in [-0.15, -0.1) is 0 Å². The maximum absolute atomic E-state index is 11.3. The molecule has 104 valence electrons. The molecule has 0 aliphatic rings. The van der Waals surface area contributed by atoms with E-state index in [2.05, 4.69) is 10.1 Å². The van der Waals surface area contributed by atoms with Gasteiger partial charge in [0.15, 0.2) is 6.10 Å². The van der Waals surface area contributed by atoms with Gasteiger partial charge in [-0.1, -0.05) is 0 Å². The molecule has 0 aromatic carbocycles. The Bertz CT molecular complexity index is 361. The molecule has 0 bridgehead atoms. The van der Waals surface area contributed by atoms with E-state index in [-0.39, 0.29) is 44.1 Å². The van der Waals surface area contributed by atoms with E-state index in [1.807, 2.05) is 0 Å². The number of carboxylic acid groups (broad SMARTS) is 1. The molecule has 0 amide bonds. The number of esters is 2. The molecular weight excluding hydrogens is 265 g/mol. The van der Waals surface area contributed by atoms with Crippen molar-refractivity contribution in [2.75, 3.05) is 13.2 Å². The second-order valence-corrected chi connectivity index (χ2v) is 3.41. The molecule has 2 N–H and O–H groups in total. The van der Waals surface area contributed by atoms with Gasteiger partial charge in [0, 0.05) is 11.8 Å². The van der Waals surface area contributed by atoms with Crippen molar-refractivity contribution in [2.45, 2.75) is 26.9 Å². The summed E-state index contributed by atoms with van der Waals surface area (Å²) in [6.45, 7) is 4.45. The Morgan fingerprint density at radius 2 is 2.00 bits per heavy atom. The number of hydrogen-bond donors (Lipinski definition) is 2. The van der Waals surface area contributed by atoms with Crippen LogP contribution in [0.25, 0.3) is 0 Å². The Kier molecular flexibility index (Phi) is 11.6. The van der Waals surface area contributed by atoms with Crippen molar-refractivity contribution in [1.29, 1.82) is 0 Å². The predicted octanol–water partition coefficient (Wildman–Crippen LogP) is -2.82. The first-order valence-electron chi connectivity index (χ1n) is 5.38. The van der Waals surface area contributed by atoms with Crippen LogP contribution < -0.4 is 34.9 Å². The summed E-state index contributed by atoms with van der Waals surface area (Å²) >= 11 is 0. The van der Waals surface area contributed by atoms with E-state index in [4.69, 9.17) is 9.84 Å². The quantitative estimate of drug-likeness (QED) is 0.295. The molecule has 0 radical (unpaired) electrons. The average molecular weight is 283 g/mol. The number of carboxylic acids is 1. The van der Waals surface area contributed by atoms with Crippen molar-refractivity contribution in [1.82, 2.24) is 5.32 Å². The third-order valence-electron chi connectivity index (χ3n) is 1.76. The molecule has 0 aromatic rings. The van der Waals surface area contributed by atoms with Gasteiger partial charge < -0.3 is 21.3 Å². The van der Waals surface area contributed by atoms with Crippen LogP contribution in [0.5, 0.6) is 0 Å². The molecule has 0 rings (SSSR count). The van der Waals surface area contributed by atoms with Gasteiger partial charge >= 0.3 is 47.5 Å². The number of nitrogens with one attached hydrogen (secondary N) is 1. The summed E-state index contributed by atoms with van der Waals surface area (Å²) < 4.78 is 9.42. The first kappa shape index (κ1) is 20.3. The number of hydrogen-bond acceptors (Lipinski definition) is 6. The fourth-order valence-corrected chi connectivity index (χ4v) is 0.959. The van der Waals surface area contributed by atoms with E-state index in [9.17, 15) is 14.4 Å². The zero-order valence-corrected chi connectivity index (χ0v) is 13.6.